The number of amides is 4. The number of carbonyl (C=O) groups is 12. The minimum Gasteiger partial charge on any atom is -0.467 e. The van der Waals surface area contributed by atoms with E-state index in [4.69, 9.17) is 92.3 Å². The van der Waals surface area contributed by atoms with Crippen LogP contribution in [0.3, 0.4) is 0 Å². The van der Waals surface area contributed by atoms with Gasteiger partial charge in [0.2, 0.25) is 18.3 Å². The summed E-state index contributed by atoms with van der Waals surface area (Å²) in [5.74, 6) is -8.15. The number of ether oxygens (including phenoxy) is 12. The number of hydrogen-bond donors (Lipinski definition) is 4. The van der Waals surface area contributed by atoms with Crippen LogP contribution in [0.4, 0.5) is 21.0 Å². The van der Waals surface area contributed by atoms with Gasteiger partial charge in [-0.15, -0.1) is 0 Å². The fourth-order valence-electron chi connectivity index (χ4n) is 12.9. The number of nitrogens with zero attached hydrogens (tertiary/aromatic N) is 2. The maximum atomic E-state index is 14.1. The lowest BCUT2D eigenvalue weighted by atomic mass is 9.86. The number of ketones is 2. The largest absolute Gasteiger partial charge is 0.467 e. The van der Waals surface area contributed by atoms with Gasteiger partial charge in [0, 0.05) is 90.0 Å². The highest BCUT2D eigenvalue weighted by molar-refractivity contribution is 6.76. The molecule has 0 spiro atoms. The number of aliphatic hydroxyl groups excluding tert-OH is 1. The summed E-state index contributed by atoms with van der Waals surface area (Å²) in [6.45, 7) is 26.4. The monoisotopic (exact) mass is 1650 g/mol. The first kappa shape index (κ1) is 94.8. The van der Waals surface area contributed by atoms with Crippen molar-refractivity contribution in [1.82, 2.24) is 9.80 Å². The molecule has 4 amide bonds. The van der Waals surface area contributed by atoms with Crippen molar-refractivity contribution in [1.29, 1.82) is 5.41 Å². The number of esters is 8. The lowest BCUT2D eigenvalue weighted by molar-refractivity contribution is -0.301. The Bertz CT molecular complexity index is 4310. The molecule has 4 aromatic carbocycles. The highest BCUT2D eigenvalue weighted by atomic mass is 35.6. The van der Waals surface area contributed by atoms with E-state index in [1.54, 1.807) is 12.1 Å². The smallest absolute Gasteiger partial charge is 0.339 e. The number of halogens is 3. The Hall–Kier alpha value is -9.82. The van der Waals surface area contributed by atoms with Crippen molar-refractivity contribution >= 4 is 136 Å². The zero-order chi connectivity index (χ0) is 84.5. The number of fused-ring (bicyclic) bond motifs is 2. The Balaban J connectivity index is 0.000000326. The molecule has 4 aliphatic rings. The van der Waals surface area contributed by atoms with Crippen molar-refractivity contribution in [3.05, 3.63) is 140 Å². The van der Waals surface area contributed by atoms with E-state index in [2.05, 4.69) is 48.3 Å². The Morgan fingerprint density at radius 3 is 1.20 bits per heavy atom. The second kappa shape index (κ2) is 41.5. The van der Waals surface area contributed by atoms with E-state index in [0.717, 1.165) is 117 Å². The van der Waals surface area contributed by atoms with Gasteiger partial charge in [-0.05, 0) is 107 Å². The van der Waals surface area contributed by atoms with Crippen molar-refractivity contribution in [3.8, 4) is 0 Å². The van der Waals surface area contributed by atoms with Gasteiger partial charge < -0.3 is 82.4 Å². The summed E-state index contributed by atoms with van der Waals surface area (Å²) in [5.41, 5.74) is 12.0. The fourth-order valence-corrected chi connectivity index (χ4v) is 13.1. The summed E-state index contributed by atoms with van der Waals surface area (Å²) in [6.07, 6.45) is -11.8. The molecule has 0 radical (unpaired) electrons. The van der Waals surface area contributed by atoms with E-state index in [1.807, 2.05) is 109 Å². The number of methoxy groups -OCH3 is 2. The summed E-state index contributed by atoms with van der Waals surface area (Å²) in [6, 6.07) is 22.5. The van der Waals surface area contributed by atoms with Crippen LogP contribution in [0.25, 0.3) is 12.2 Å². The van der Waals surface area contributed by atoms with E-state index >= 15 is 0 Å². The third-order valence-electron chi connectivity index (χ3n) is 17.8. The third kappa shape index (κ3) is 26.4. The predicted octanol–water partition coefficient (Wildman–Crippen LogP) is 10.7. The molecular weight excluding hydrogens is 1550 g/mol. The molecule has 0 bridgehead atoms. The first-order valence-corrected chi connectivity index (χ1v) is 36.9. The van der Waals surface area contributed by atoms with Gasteiger partial charge in [0.25, 0.3) is 3.79 Å². The van der Waals surface area contributed by atoms with Crippen LogP contribution in [0.2, 0.25) is 0 Å². The van der Waals surface area contributed by atoms with E-state index in [0.29, 0.717) is 23.3 Å². The Kier molecular flexibility index (Phi) is 34.5. The van der Waals surface area contributed by atoms with Crippen LogP contribution in [-0.4, -0.2) is 211 Å². The molecule has 4 N–H and O–H groups in total. The van der Waals surface area contributed by atoms with Crippen LogP contribution in [0.5, 0.6) is 0 Å². The number of hydrogen-bond acceptors (Lipinski definition) is 26. The molecule has 2 fully saturated rings. The number of carbonyl (C=O) groups excluding carboxylic acids is 12. The standard InChI is InChI=1S/C39H48N2O12.C26H32N2O3.C15H18Cl3NO10.CH4/c1-21-16-22(2)28-19-31(45)27(18-26(28)17-21)20-41(38(47)40-30-13-11-10-12-29(30)39(6,7)8)14-15-49-37-35(52-25(5)44)33(51-24(4)43)32(50-23(3)42)34(53-37)36(46)48-9;1-17-12-18(2)21-15-24(30)20(14-19(21)13-17)16-28(10-11-29)25(31)27-23-9-7-6-8-22(23)26(3,4)5;1-5(20)25-8-9(26-6(2)21)11(27-7(3)22)13(28-10(8)12(23)24-4)29-14(19)15(16,17)18;/h10-13,16-18,32-35,37H,14-15,19-20H2,1-9H3,(H,40,47);6-9,12-14,29H,10-11,15-16H2,1-5H3,(H,27,31);8-11,13,19H,1-4H3;1H4/t32-,33-,34-,35+,37+;;8-,9-,10-,11+,13+;/m0.0./s1. The quantitative estimate of drug-likeness (QED) is 0.0198. The molecule has 0 aromatic heterocycles. The van der Waals surface area contributed by atoms with E-state index in [1.165, 1.54) is 9.80 Å². The third-order valence-corrected chi connectivity index (χ3v) is 18.3. The van der Waals surface area contributed by atoms with Gasteiger partial charge in [0.1, 0.15) is 0 Å². The van der Waals surface area contributed by atoms with Gasteiger partial charge in [0.15, 0.2) is 60.6 Å². The summed E-state index contributed by atoms with van der Waals surface area (Å²) in [5, 5.41) is 23.2. The summed E-state index contributed by atoms with van der Waals surface area (Å²) >= 11 is 16.7. The van der Waals surface area contributed by atoms with Gasteiger partial charge in [-0.25, -0.2) is 19.2 Å². The van der Waals surface area contributed by atoms with Crippen molar-refractivity contribution in [2.24, 2.45) is 0 Å². The number of Topliss-reactive ketones (excluding diaryl/α,β-unsaturated/α-hetero) is 2. The summed E-state index contributed by atoms with van der Waals surface area (Å²) in [7, 11) is 2.11. The number of alkyl halides is 3. The number of anilines is 2. The lowest BCUT2D eigenvalue weighted by Gasteiger charge is -2.43. The fraction of sp³-hybridized carbons (Fsp3) is 0.494. The topological polar surface area (TPSA) is 390 Å². The first-order valence-electron chi connectivity index (χ1n) is 35.8. The molecule has 2 saturated heterocycles. The molecular formula is C81H102Cl3N5O25. The number of aryl methyl sites for hydroxylation is 4. The van der Waals surface area contributed by atoms with Crippen molar-refractivity contribution in [3.63, 3.8) is 0 Å². The van der Waals surface area contributed by atoms with Crippen LogP contribution >= 0.6 is 34.8 Å². The minimum absolute atomic E-state index is 0. The molecule has 8 rings (SSSR count). The second-order valence-electron chi connectivity index (χ2n) is 29.0. The maximum absolute atomic E-state index is 14.1. The SMILES string of the molecule is C.COC(=O)[C@H]1O[C@@H](OCCN(CC2=Cc3cc(C)cc(C)c3CC2=O)C(=O)Nc2ccccc2C(C)(C)C)[C@H](OC(C)=O)[C@@H](OC(C)=O)[C@@H]1OC(C)=O.COC(=O)[C@H]1O[C@H](OC(=N)C(Cl)(Cl)Cl)[C@H](OC(C)=O)[C@@H](OC(C)=O)[C@@H]1OC(C)=O.Cc1cc(C)c2c(c1)C=C(CN(CCO)C(=O)Nc1ccccc1C(C)(C)C)C(=O)C2. The predicted molar refractivity (Wildman–Crippen MR) is 420 cm³/mol. The van der Waals surface area contributed by atoms with Crippen molar-refractivity contribution in [2.45, 2.75) is 207 Å². The minimum atomic E-state index is -2.32. The molecule has 2 heterocycles. The van der Waals surface area contributed by atoms with Gasteiger partial charge in [-0.3, -0.25) is 43.8 Å². The molecule has 33 heteroatoms. The van der Waals surface area contributed by atoms with Crippen molar-refractivity contribution in [2.75, 3.05) is 64.2 Å². The molecule has 622 valence electrons. The molecule has 30 nitrogen and oxygen atoms in total. The molecule has 0 unspecified atom stereocenters. The number of benzene rings is 4. The number of aliphatic hydroxyl groups is 1. The number of para-hydroxylation sites is 2. The number of nitrogens with one attached hydrogen (secondary N) is 3. The van der Waals surface area contributed by atoms with Crippen LogP contribution in [0.15, 0.2) is 83.9 Å². The van der Waals surface area contributed by atoms with E-state index in [9.17, 15) is 62.6 Å². The maximum Gasteiger partial charge on any atom is 0.339 e. The Morgan fingerprint density at radius 1 is 0.509 bits per heavy atom. The molecule has 10 atom stereocenters. The summed E-state index contributed by atoms with van der Waals surface area (Å²) in [4.78, 5) is 153. The highest BCUT2D eigenvalue weighted by Crippen LogP contribution is 2.38. The van der Waals surface area contributed by atoms with Gasteiger partial charge in [-0.2, -0.15) is 0 Å². The van der Waals surface area contributed by atoms with E-state index in [-0.39, 0.29) is 81.7 Å². The van der Waals surface area contributed by atoms with Crippen molar-refractivity contribution < 1.29 is 119 Å². The van der Waals surface area contributed by atoms with Crippen LogP contribution in [0, 0.1) is 33.1 Å². The van der Waals surface area contributed by atoms with Crippen LogP contribution < -0.4 is 10.6 Å². The molecule has 2 aliphatic carbocycles. The number of rotatable bonds is 21. The molecule has 114 heavy (non-hydrogen) atoms. The highest BCUT2D eigenvalue weighted by Gasteiger charge is 2.58. The zero-order valence-corrected chi connectivity index (χ0v) is 68.6. The van der Waals surface area contributed by atoms with Gasteiger partial charge >= 0.3 is 59.8 Å². The van der Waals surface area contributed by atoms with Crippen LogP contribution in [0.1, 0.15) is 146 Å². The normalized spacial score (nSPS) is 20.2. The Labute approximate surface area is 677 Å². The molecule has 2 aliphatic heterocycles. The molecule has 0 saturated carbocycles. The van der Waals surface area contributed by atoms with Crippen LogP contribution in [-0.2, 0) is 128 Å². The van der Waals surface area contributed by atoms with E-state index < -0.39 is 125 Å². The molecule has 4 aromatic rings. The average Bonchev–Trinajstić information content (AvgIpc) is 0.812. The second-order valence-corrected chi connectivity index (χ2v) is 31.3. The zero-order valence-electron chi connectivity index (χ0n) is 66.3. The summed E-state index contributed by atoms with van der Waals surface area (Å²) < 4.78 is 60.9. The number of urea groups is 2. The lowest BCUT2D eigenvalue weighted by Crippen LogP contribution is -2.64. The van der Waals surface area contributed by atoms with Gasteiger partial charge in [0.05, 0.1) is 40.5 Å². The average molecular weight is 1650 g/mol. The Morgan fingerprint density at radius 2 is 0.851 bits per heavy atom. The first-order chi connectivity index (χ1) is 52.8. The van der Waals surface area contributed by atoms with Gasteiger partial charge in [-0.1, -0.05) is 156 Å².